The number of anilines is 1. The van der Waals surface area contributed by atoms with E-state index in [1.807, 2.05) is 6.20 Å². The molecule has 0 aliphatic heterocycles. The molecule has 0 aliphatic rings. The van der Waals surface area contributed by atoms with Crippen molar-refractivity contribution in [1.29, 1.82) is 5.26 Å². The molecule has 3 aromatic heterocycles. The van der Waals surface area contributed by atoms with Crippen LogP contribution >= 0.6 is 11.3 Å². The first kappa shape index (κ1) is 12.4. The summed E-state index contributed by atoms with van der Waals surface area (Å²) in [5, 5.41) is 13.1. The Balaban J connectivity index is 1.86. The topological polar surface area (TPSA) is 110 Å². The highest BCUT2D eigenvalue weighted by Crippen LogP contribution is 2.31. The second kappa shape index (κ2) is 5.14. The van der Waals surface area contributed by atoms with Crippen molar-refractivity contribution in [3.8, 4) is 6.07 Å². The Kier molecular flexibility index (Phi) is 3.18. The maximum atomic E-state index is 11.7. The molecule has 3 heterocycles. The minimum atomic E-state index is -0.225. The lowest BCUT2D eigenvalue weighted by Crippen LogP contribution is -2.04. The minimum Gasteiger partial charge on any atom is -0.375 e. The van der Waals surface area contributed by atoms with E-state index in [1.54, 1.807) is 6.33 Å². The Morgan fingerprint density at radius 2 is 2.30 bits per heavy atom. The van der Waals surface area contributed by atoms with Crippen molar-refractivity contribution in [2.24, 2.45) is 0 Å². The number of nitrogens with zero attached hydrogens (tertiary/aromatic N) is 3. The monoisotopic (exact) mass is 286 g/mol. The van der Waals surface area contributed by atoms with Crippen LogP contribution < -0.4 is 10.9 Å². The average molecular weight is 286 g/mol. The van der Waals surface area contributed by atoms with E-state index in [4.69, 9.17) is 0 Å². The normalized spacial score (nSPS) is 10.6. The van der Waals surface area contributed by atoms with E-state index >= 15 is 0 Å². The van der Waals surface area contributed by atoms with Gasteiger partial charge in [0.15, 0.2) is 0 Å². The van der Waals surface area contributed by atoms with Crippen LogP contribution in [0.25, 0.3) is 10.2 Å². The number of thiophene rings is 1. The minimum absolute atomic E-state index is 0.225. The molecule has 8 heteroatoms. The van der Waals surface area contributed by atoms with Crippen molar-refractivity contribution in [3.63, 3.8) is 0 Å². The molecule has 7 nitrogen and oxygen atoms in total. The van der Waals surface area contributed by atoms with Crippen LogP contribution in [0, 0.1) is 11.3 Å². The summed E-state index contributed by atoms with van der Waals surface area (Å²) in [5.74, 6) is 0. The van der Waals surface area contributed by atoms with Gasteiger partial charge in [0.1, 0.15) is 26.9 Å². The molecule has 100 valence electrons. The second-order valence-electron chi connectivity index (χ2n) is 4.06. The molecule has 0 aliphatic carbocycles. The van der Waals surface area contributed by atoms with Crippen LogP contribution in [0.15, 0.2) is 23.6 Å². The first-order valence-corrected chi connectivity index (χ1v) is 6.73. The van der Waals surface area contributed by atoms with Gasteiger partial charge in [-0.3, -0.25) is 4.79 Å². The van der Waals surface area contributed by atoms with E-state index in [9.17, 15) is 10.1 Å². The zero-order valence-corrected chi connectivity index (χ0v) is 11.1. The Morgan fingerprint density at radius 3 is 3.05 bits per heavy atom. The number of hydrogen-bond donors (Lipinski definition) is 3. The standard InChI is InChI=1S/C12H10N6OS/c13-3-8-9-10(11(19)18-6-17-9)20-12(8)15-2-1-7-4-14-5-16-7/h4-6,15H,1-2H2,(H,14,16)(H,17,18,19). The van der Waals surface area contributed by atoms with Crippen LogP contribution in [-0.4, -0.2) is 26.5 Å². The van der Waals surface area contributed by atoms with Crippen molar-refractivity contribution < 1.29 is 0 Å². The van der Waals surface area contributed by atoms with Crippen LogP contribution in [0.2, 0.25) is 0 Å². The van der Waals surface area contributed by atoms with Gasteiger partial charge in [-0.05, 0) is 0 Å². The molecule has 0 amide bonds. The molecule has 0 fully saturated rings. The third kappa shape index (κ3) is 2.15. The molecule has 0 saturated carbocycles. The Morgan fingerprint density at radius 1 is 1.40 bits per heavy atom. The third-order valence-corrected chi connectivity index (χ3v) is 3.95. The number of fused-ring (bicyclic) bond motifs is 1. The predicted molar refractivity (Wildman–Crippen MR) is 75.7 cm³/mol. The molecule has 0 spiro atoms. The van der Waals surface area contributed by atoms with E-state index in [0.717, 1.165) is 12.1 Å². The largest absolute Gasteiger partial charge is 0.375 e. The highest BCUT2D eigenvalue weighted by atomic mass is 32.1. The second-order valence-corrected chi connectivity index (χ2v) is 5.09. The number of H-pyrrole nitrogens is 2. The molecule has 0 saturated heterocycles. The van der Waals surface area contributed by atoms with E-state index in [1.165, 1.54) is 17.7 Å². The highest BCUT2D eigenvalue weighted by molar-refractivity contribution is 7.23. The zero-order chi connectivity index (χ0) is 13.9. The molecular formula is C12H10N6OS. The smallest absolute Gasteiger partial charge is 0.268 e. The molecule has 0 aromatic carbocycles. The van der Waals surface area contributed by atoms with Gasteiger partial charge in [-0.1, -0.05) is 0 Å². The predicted octanol–water partition coefficient (Wildman–Crippen LogP) is 1.23. The molecule has 20 heavy (non-hydrogen) atoms. The van der Waals surface area contributed by atoms with Crippen molar-refractivity contribution >= 4 is 26.6 Å². The van der Waals surface area contributed by atoms with E-state index in [0.29, 0.717) is 27.3 Å². The van der Waals surface area contributed by atoms with Crippen molar-refractivity contribution in [2.45, 2.75) is 6.42 Å². The number of imidazole rings is 1. The molecule has 0 radical (unpaired) electrons. The van der Waals surface area contributed by atoms with E-state index in [2.05, 4.69) is 31.3 Å². The lowest BCUT2D eigenvalue weighted by Gasteiger charge is -2.01. The summed E-state index contributed by atoms with van der Waals surface area (Å²) in [4.78, 5) is 25.3. The summed E-state index contributed by atoms with van der Waals surface area (Å²) >= 11 is 1.24. The molecule has 3 N–H and O–H groups in total. The summed E-state index contributed by atoms with van der Waals surface area (Å²) in [5.41, 5.74) is 1.58. The Hall–Kier alpha value is -2.66. The van der Waals surface area contributed by atoms with Crippen molar-refractivity contribution in [1.82, 2.24) is 19.9 Å². The lowest BCUT2D eigenvalue weighted by molar-refractivity contribution is 0.980. The molecular weight excluding hydrogens is 276 g/mol. The van der Waals surface area contributed by atoms with E-state index in [-0.39, 0.29) is 5.56 Å². The van der Waals surface area contributed by atoms with E-state index < -0.39 is 0 Å². The summed E-state index contributed by atoms with van der Waals surface area (Å²) in [6, 6.07) is 2.10. The fourth-order valence-electron chi connectivity index (χ4n) is 1.88. The van der Waals surface area contributed by atoms with Crippen molar-refractivity contribution in [3.05, 3.63) is 40.5 Å². The van der Waals surface area contributed by atoms with Gasteiger partial charge in [-0.2, -0.15) is 5.26 Å². The summed E-state index contributed by atoms with van der Waals surface area (Å²) in [6.45, 7) is 0.629. The SMILES string of the molecule is N#Cc1c(NCCc2c[nH]cn2)sc2c(=O)[nH]cnc12. The number of nitriles is 1. The fourth-order valence-corrected chi connectivity index (χ4v) is 2.91. The number of aromatic nitrogens is 4. The molecule has 0 atom stereocenters. The first-order valence-electron chi connectivity index (χ1n) is 5.91. The van der Waals surface area contributed by atoms with Gasteiger partial charge in [-0.15, -0.1) is 11.3 Å². The van der Waals surface area contributed by atoms with Gasteiger partial charge in [0.2, 0.25) is 0 Å². The molecule has 3 aromatic rings. The molecule has 3 rings (SSSR count). The van der Waals surface area contributed by atoms with Crippen LogP contribution in [0.1, 0.15) is 11.3 Å². The van der Waals surface area contributed by atoms with Crippen LogP contribution in [-0.2, 0) is 6.42 Å². The Bertz CT molecular complexity index is 826. The van der Waals surface area contributed by atoms with Crippen LogP contribution in [0.5, 0.6) is 0 Å². The molecule has 0 bridgehead atoms. The lowest BCUT2D eigenvalue weighted by atomic mass is 10.3. The van der Waals surface area contributed by atoms with Gasteiger partial charge in [0.25, 0.3) is 5.56 Å². The van der Waals surface area contributed by atoms with Crippen LogP contribution in [0.3, 0.4) is 0 Å². The maximum absolute atomic E-state index is 11.7. The number of hydrogen-bond acceptors (Lipinski definition) is 6. The zero-order valence-electron chi connectivity index (χ0n) is 10.3. The van der Waals surface area contributed by atoms with Gasteiger partial charge in [0, 0.05) is 19.2 Å². The number of aromatic amines is 2. The Labute approximate surface area is 117 Å². The number of rotatable bonds is 4. The fraction of sp³-hybridized carbons (Fsp3) is 0.167. The number of nitrogens with one attached hydrogen (secondary N) is 3. The summed E-state index contributed by atoms with van der Waals surface area (Å²) < 4.78 is 0.464. The first-order chi connectivity index (χ1) is 9.79. The molecule has 0 unspecified atom stereocenters. The van der Waals surface area contributed by atoms with Gasteiger partial charge in [-0.25, -0.2) is 9.97 Å². The van der Waals surface area contributed by atoms with Gasteiger partial charge >= 0.3 is 0 Å². The van der Waals surface area contributed by atoms with Crippen molar-refractivity contribution in [2.75, 3.05) is 11.9 Å². The quantitative estimate of drug-likeness (QED) is 0.668. The summed E-state index contributed by atoms with van der Waals surface area (Å²) in [7, 11) is 0. The third-order valence-electron chi connectivity index (χ3n) is 2.81. The maximum Gasteiger partial charge on any atom is 0.268 e. The average Bonchev–Trinajstić information content (AvgIpc) is 3.07. The van der Waals surface area contributed by atoms with Gasteiger partial charge in [0.05, 0.1) is 18.3 Å². The van der Waals surface area contributed by atoms with Gasteiger partial charge < -0.3 is 15.3 Å². The van der Waals surface area contributed by atoms with Crippen LogP contribution in [0.4, 0.5) is 5.00 Å². The summed E-state index contributed by atoms with van der Waals surface area (Å²) in [6.07, 6.45) is 5.49. The highest BCUT2D eigenvalue weighted by Gasteiger charge is 2.15.